The fraction of sp³-hybridized carbons (Fsp3) is 0.273. The molecule has 1 N–H and O–H groups in total. The zero-order valence-corrected chi connectivity index (χ0v) is 15.2. The monoisotopic (exact) mass is 350 g/mol. The van der Waals surface area contributed by atoms with E-state index in [9.17, 15) is 5.11 Å². The Morgan fingerprint density at radius 1 is 0.720 bits per heavy atom. The third-order valence-electron chi connectivity index (χ3n) is 4.98. The van der Waals surface area contributed by atoms with Crippen LogP contribution in [0.3, 0.4) is 0 Å². The number of hydrogen-bond donors (Lipinski definition) is 1. The summed E-state index contributed by atoms with van der Waals surface area (Å²) in [6.07, 6.45) is 4.94. The van der Waals surface area contributed by atoms with Crippen LogP contribution in [0.2, 0.25) is 0 Å². The smallest absolute Gasteiger partial charge is 0.136 e. The minimum absolute atomic E-state index is 0.738. The van der Waals surface area contributed by atoms with Crippen LogP contribution < -0.4 is 16.1 Å². The van der Waals surface area contributed by atoms with Gasteiger partial charge in [0.25, 0.3) is 0 Å². The van der Waals surface area contributed by atoms with E-state index in [1.165, 1.54) is 17.0 Å². The van der Waals surface area contributed by atoms with Gasteiger partial charge in [-0.2, -0.15) is 0 Å². The summed E-state index contributed by atoms with van der Waals surface area (Å²) in [5.41, 5.74) is 0.173. The second-order valence-electron chi connectivity index (χ2n) is 6.74. The zero-order valence-electron chi connectivity index (χ0n) is 14.3. The topological polar surface area (TPSA) is 33.4 Å². The standard InChI is InChI=1S/C22H23O2P/c23-22(16-8-3-9-17-22)20-14-15-21(24-20)25(18-10-4-1-5-11-18)19-12-6-2-7-13-19/h1-2,4-7,10-15,23H,3,8-9,16-17H2. The van der Waals surface area contributed by atoms with E-state index in [1.54, 1.807) is 0 Å². The minimum atomic E-state index is -0.787. The first-order chi connectivity index (χ1) is 12.3. The van der Waals surface area contributed by atoms with Crippen LogP contribution in [0.1, 0.15) is 37.9 Å². The van der Waals surface area contributed by atoms with Crippen molar-refractivity contribution in [2.45, 2.75) is 37.7 Å². The van der Waals surface area contributed by atoms with Crippen molar-refractivity contribution in [1.82, 2.24) is 0 Å². The van der Waals surface area contributed by atoms with Crippen LogP contribution in [0.25, 0.3) is 0 Å². The third-order valence-corrected chi connectivity index (χ3v) is 7.29. The Morgan fingerprint density at radius 3 is 1.84 bits per heavy atom. The highest BCUT2D eigenvalue weighted by molar-refractivity contribution is 7.79. The van der Waals surface area contributed by atoms with Crippen molar-refractivity contribution in [1.29, 1.82) is 0 Å². The van der Waals surface area contributed by atoms with Crippen LogP contribution >= 0.6 is 7.92 Å². The summed E-state index contributed by atoms with van der Waals surface area (Å²) < 4.78 is 6.28. The lowest BCUT2D eigenvalue weighted by Gasteiger charge is -2.30. The molecule has 2 aromatic carbocycles. The van der Waals surface area contributed by atoms with E-state index in [0.29, 0.717) is 0 Å². The summed E-state index contributed by atoms with van der Waals surface area (Å²) in [6, 6.07) is 25.1. The highest BCUT2D eigenvalue weighted by Gasteiger charge is 2.35. The molecular formula is C22H23O2P. The van der Waals surface area contributed by atoms with Gasteiger partial charge < -0.3 is 9.52 Å². The lowest BCUT2D eigenvalue weighted by molar-refractivity contribution is -0.0189. The SMILES string of the molecule is OC1(c2ccc(P(c3ccccc3)c3ccccc3)o2)CCCCC1. The molecule has 0 saturated heterocycles. The van der Waals surface area contributed by atoms with Gasteiger partial charge in [-0.15, -0.1) is 0 Å². The highest BCUT2D eigenvalue weighted by atomic mass is 31.1. The van der Waals surface area contributed by atoms with E-state index in [2.05, 4.69) is 54.6 Å². The third kappa shape index (κ3) is 3.42. The van der Waals surface area contributed by atoms with E-state index in [1.807, 2.05) is 18.2 Å². The van der Waals surface area contributed by atoms with E-state index >= 15 is 0 Å². The van der Waals surface area contributed by atoms with Crippen molar-refractivity contribution in [3.63, 3.8) is 0 Å². The number of benzene rings is 2. The molecule has 0 amide bonds. The number of hydrogen-bond acceptors (Lipinski definition) is 2. The Morgan fingerprint density at radius 2 is 1.28 bits per heavy atom. The van der Waals surface area contributed by atoms with Crippen LogP contribution in [0.15, 0.2) is 77.2 Å². The molecule has 0 bridgehead atoms. The van der Waals surface area contributed by atoms with Gasteiger partial charge in [-0.3, -0.25) is 0 Å². The molecule has 128 valence electrons. The average molecular weight is 350 g/mol. The Balaban J connectivity index is 1.74. The normalized spacial score (nSPS) is 16.9. The van der Waals surface area contributed by atoms with E-state index in [-0.39, 0.29) is 0 Å². The average Bonchev–Trinajstić information content (AvgIpc) is 3.15. The molecule has 1 aliphatic rings. The van der Waals surface area contributed by atoms with Gasteiger partial charge in [0.05, 0.1) is 0 Å². The maximum absolute atomic E-state index is 11.0. The molecule has 1 aliphatic carbocycles. The molecule has 1 fully saturated rings. The molecule has 2 nitrogen and oxygen atoms in total. The molecule has 0 unspecified atom stereocenters. The molecule has 1 heterocycles. The molecule has 3 heteroatoms. The van der Waals surface area contributed by atoms with Gasteiger partial charge in [0.1, 0.15) is 16.9 Å². The largest absolute Gasteiger partial charge is 0.458 e. The first-order valence-electron chi connectivity index (χ1n) is 8.99. The second-order valence-corrected chi connectivity index (χ2v) is 8.88. The summed E-state index contributed by atoms with van der Waals surface area (Å²) in [7, 11) is -0.746. The Kier molecular flexibility index (Phi) is 4.74. The van der Waals surface area contributed by atoms with Crippen LogP contribution in [0.4, 0.5) is 0 Å². The van der Waals surface area contributed by atoms with Crippen molar-refractivity contribution in [2.75, 3.05) is 0 Å². The molecule has 0 radical (unpaired) electrons. The van der Waals surface area contributed by atoms with Gasteiger partial charge >= 0.3 is 0 Å². The molecule has 3 aromatic rings. The van der Waals surface area contributed by atoms with Crippen molar-refractivity contribution < 1.29 is 9.52 Å². The fourth-order valence-electron chi connectivity index (χ4n) is 3.64. The summed E-state index contributed by atoms with van der Waals surface area (Å²) >= 11 is 0. The molecule has 4 rings (SSSR count). The van der Waals surface area contributed by atoms with Crippen LogP contribution in [-0.4, -0.2) is 5.11 Å². The zero-order chi connectivity index (χ0) is 17.1. The number of rotatable bonds is 4. The summed E-state index contributed by atoms with van der Waals surface area (Å²) in [5, 5.41) is 13.5. The van der Waals surface area contributed by atoms with Crippen molar-refractivity contribution in [3.05, 3.63) is 78.6 Å². The molecule has 0 aliphatic heterocycles. The summed E-state index contributed by atoms with van der Waals surface area (Å²) in [6.45, 7) is 0. The second kappa shape index (κ2) is 7.15. The van der Waals surface area contributed by atoms with Crippen molar-refractivity contribution >= 4 is 24.0 Å². The predicted molar refractivity (Wildman–Crippen MR) is 104 cm³/mol. The fourth-order valence-corrected chi connectivity index (χ4v) is 5.80. The van der Waals surface area contributed by atoms with E-state index in [0.717, 1.165) is 36.9 Å². The van der Waals surface area contributed by atoms with Gasteiger partial charge in [-0.05, 0) is 35.6 Å². The maximum Gasteiger partial charge on any atom is 0.136 e. The van der Waals surface area contributed by atoms with Crippen molar-refractivity contribution in [2.24, 2.45) is 0 Å². The molecule has 0 atom stereocenters. The van der Waals surface area contributed by atoms with Gasteiger partial charge in [0.15, 0.2) is 0 Å². The van der Waals surface area contributed by atoms with Crippen LogP contribution in [0, 0.1) is 0 Å². The summed E-state index contributed by atoms with van der Waals surface area (Å²) in [4.78, 5) is 0. The lowest BCUT2D eigenvalue weighted by atomic mass is 9.83. The Bertz CT molecular complexity index is 765. The van der Waals surface area contributed by atoms with Gasteiger partial charge in [-0.1, -0.05) is 79.9 Å². The van der Waals surface area contributed by atoms with Crippen LogP contribution in [-0.2, 0) is 5.60 Å². The maximum atomic E-state index is 11.0. The number of aliphatic hydroxyl groups is 1. The Labute approximate surface area is 150 Å². The quantitative estimate of drug-likeness (QED) is 0.716. The van der Waals surface area contributed by atoms with Gasteiger partial charge in [0.2, 0.25) is 0 Å². The van der Waals surface area contributed by atoms with Crippen LogP contribution in [0.5, 0.6) is 0 Å². The molecular weight excluding hydrogens is 327 g/mol. The molecule has 1 saturated carbocycles. The Hall–Kier alpha value is -1.89. The van der Waals surface area contributed by atoms with Gasteiger partial charge in [-0.25, -0.2) is 0 Å². The first kappa shape index (κ1) is 16.6. The van der Waals surface area contributed by atoms with E-state index in [4.69, 9.17) is 4.42 Å². The van der Waals surface area contributed by atoms with E-state index < -0.39 is 13.5 Å². The molecule has 1 aromatic heterocycles. The minimum Gasteiger partial charge on any atom is -0.458 e. The lowest BCUT2D eigenvalue weighted by Crippen LogP contribution is -2.28. The van der Waals surface area contributed by atoms with Gasteiger partial charge in [0, 0.05) is 7.92 Å². The predicted octanol–water partition coefficient (Wildman–Crippen LogP) is 4.19. The van der Waals surface area contributed by atoms with Crippen molar-refractivity contribution in [3.8, 4) is 0 Å². The summed E-state index contributed by atoms with van der Waals surface area (Å²) in [5.74, 6) is 0.738. The first-order valence-corrected chi connectivity index (χ1v) is 10.3. The number of furan rings is 1. The molecule has 25 heavy (non-hydrogen) atoms. The molecule has 0 spiro atoms. The highest BCUT2D eigenvalue weighted by Crippen LogP contribution is 2.39.